The fourth-order valence-corrected chi connectivity index (χ4v) is 3.58. The lowest BCUT2D eigenvalue weighted by Gasteiger charge is -2.28. The van der Waals surface area contributed by atoms with Crippen LogP contribution in [0.1, 0.15) is 30.6 Å². The quantitative estimate of drug-likeness (QED) is 0.876. The molecule has 0 saturated carbocycles. The van der Waals surface area contributed by atoms with E-state index in [0.29, 0.717) is 18.5 Å². The minimum Gasteiger partial charge on any atom is -0.497 e. The zero-order valence-electron chi connectivity index (χ0n) is 15.8. The summed E-state index contributed by atoms with van der Waals surface area (Å²) < 4.78 is 5.17. The van der Waals surface area contributed by atoms with Crippen molar-refractivity contribution in [1.82, 2.24) is 9.88 Å². The molecule has 142 valence electrons. The lowest BCUT2D eigenvalue weighted by atomic mass is 9.76. The fraction of sp³-hybridized carbons (Fsp3) is 0.381. The standard InChI is InChI=1S/C21H24N2O4/c1-14(2)21(20(25)26)8-9-23(13-21)19(24)17-10-16(11-22-12-17)15-4-6-18(27-3)7-5-15/h4-7,10-12,14H,8-9,13H2,1-3H3,(H,25,26). The van der Waals surface area contributed by atoms with Crippen LogP contribution in [0.4, 0.5) is 0 Å². The van der Waals surface area contributed by atoms with E-state index in [1.165, 1.54) is 6.20 Å². The van der Waals surface area contributed by atoms with Crippen molar-refractivity contribution in [2.24, 2.45) is 11.3 Å². The monoisotopic (exact) mass is 368 g/mol. The predicted molar refractivity (Wildman–Crippen MR) is 102 cm³/mol. The SMILES string of the molecule is COc1ccc(-c2cncc(C(=O)N3CCC(C(=O)O)(C(C)C)C3)c2)cc1. The number of likely N-dealkylation sites (tertiary alicyclic amines) is 1. The van der Waals surface area contributed by atoms with Crippen molar-refractivity contribution in [3.05, 3.63) is 48.3 Å². The van der Waals surface area contributed by atoms with E-state index in [0.717, 1.165) is 16.9 Å². The normalized spacial score (nSPS) is 19.3. The number of hydrogen-bond donors (Lipinski definition) is 1. The Morgan fingerprint density at radius 2 is 1.89 bits per heavy atom. The molecule has 1 aromatic heterocycles. The van der Waals surface area contributed by atoms with Gasteiger partial charge in [0.15, 0.2) is 0 Å². The average molecular weight is 368 g/mol. The maximum atomic E-state index is 12.9. The molecule has 0 aliphatic carbocycles. The number of carbonyl (C=O) groups is 2. The van der Waals surface area contributed by atoms with Crippen LogP contribution in [0.15, 0.2) is 42.7 Å². The van der Waals surface area contributed by atoms with Gasteiger partial charge in [-0.15, -0.1) is 0 Å². The number of aromatic nitrogens is 1. The van der Waals surface area contributed by atoms with Gasteiger partial charge in [0.05, 0.1) is 18.1 Å². The summed E-state index contributed by atoms with van der Waals surface area (Å²) in [4.78, 5) is 30.6. The van der Waals surface area contributed by atoms with Crippen LogP contribution in [0.3, 0.4) is 0 Å². The second-order valence-corrected chi connectivity index (χ2v) is 7.28. The van der Waals surface area contributed by atoms with Crippen LogP contribution in [0.25, 0.3) is 11.1 Å². The summed E-state index contributed by atoms with van der Waals surface area (Å²) in [6.45, 7) is 4.46. The number of ether oxygens (including phenoxy) is 1. The molecule has 1 aromatic carbocycles. The van der Waals surface area contributed by atoms with E-state index in [4.69, 9.17) is 4.74 Å². The highest BCUT2D eigenvalue weighted by Crippen LogP contribution is 2.38. The molecule has 3 rings (SSSR count). The molecule has 0 spiro atoms. The number of aliphatic carboxylic acids is 1. The van der Waals surface area contributed by atoms with E-state index >= 15 is 0 Å². The number of rotatable bonds is 5. The molecule has 1 N–H and O–H groups in total. The molecule has 1 fully saturated rings. The Hall–Kier alpha value is -2.89. The second kappa shape index (κ2) is 7.39. The summed E-state index contributed by atoms with van der Waals surface area (Å²) in [5, 5.41) is 9.68. The van der Waals surface area contributed by atoms with Crippen molar-refractivity contribution in [3.63, 3.8) is 0 Å². The fourth-order valence-electron chi connectivity index (χ4n) is 3.58. The lowest BCUT2D eigenvalue weighted by molar-refractivity contribution is -0.150. The van der Waals surface area contributed by atoms with Gasteiger partial charge in [0.2, 0.25) is 0 Å². The first-order valence-electron chi connectivity index (χ1n) is 8.99. The summed E-state index contributed by atoms with van der Waals surface area (Å²) in [5.74, 6) is -0.300. The first kappa shape index (κ1) is 18.9. The van der Waals surface area contributed by atoms with Gasteiger partial charge in [-0.05, 0) is 36.1 Å². The van der Waals surface area contributed by atoms with E-state index in [9.17, 15) is 14.7 Å². The number of hydrogen-bond acceptors (Lipinski definition) is 4. The van der Waals surface area contributed by atoms with E-state index in [2.05, 4.69) is 4.98 Å². The van der Waals surface area contributed by atoms with Gasteiger partial charge in [-0.25, -0.2) is 0 Å². The van der Waals surface area contributed by atoms with Gasteiger partial charge in [-0.2, -0.15) is 0 Å². The summed E-state index contributed by atoms with van der Waals surface area (Å²) in [6.07, 6.45) is 3.71. The van der Waals surface area contributed by atoms with Gasteiger partial charge in [-0.1, -0.05) is 26.0 Å². The third kappa shape index (κ3) is 3.52. The molecule has 1 aliphatic rings. The first-order chi connectivity index (χ1) is 12.9. The summed E-state index contributed by atoms with van der Waals surface area (Å²) in [7, 11) is 1.61. The number of carbonyl (C=O) groups excluding carboxylic acids is 1. The van der Waals surface area contributed by atoms with Crippen LogP contribution >= 0.6 is 0 Å². The largest absolute Gasteiger partial charge is 0.497 e. The number of methoxy groups -OCH3 is 1. The van der Waals surface area contributed by atoms with Crippen molar-refractivity contribution in [2.45, 2.75) is 20.3 Å². The van der Waals surface area contributed by atoms with Gasteiger partial charge in [0, 0.05) is 31.0 Å². The Morgan fingerprint density at radius 3 is 2.44 bits per heavy atom. The number of benzene rings is 1. The highest BCUT2D eigenvalue weighted by Gasteiger charge is 2.48. The molecule has 0 radical (unpaired) electrons. The molecule has 1 amide bonds. The van der Waals surface area contributed by atoms with E-state index in [1.54, 1.807) is 24.3 Å². The molecule has 1 unspecified atom stereocenters. The highest BCUT2D eigenvalue weighted by molar-refractivity contribution is 5.96. The van der Waals surface area contributed by atoms with Crippen molar-refractivity contribution in [1.29, 1.82) is 0 Å². The maximum absolute atomic E-state index is 12.9. The molecule has 1 saturated heterocycles. The molecule has 1 aliphatic heterocycles. The Labute approximate surface area is 158 Å². The number of amides is 1. The first-order valence-corrected chi connectivity index (χ1v) is 8.99. The lowest BCUT2D eigenvalue weighted by Crippen LogP contribution is -2.40. The Morgan fingerprint density at radius 1 is 1.19 bits per heavy atom. The molecule has 0 bridgehead atoms. The van der Waals surface area contributed by atoms with Gasteiger partial charge in [0.1, 0.15) is 5.75 Å². The topological polar surface area (TPSA) is 79.7 Å². The van der Waals surface area contributed by atoms with Crippen LogP contribution in [-0.4, -0.2) is 47.1 Å². The molecular formula is C21H24N2O4. The van der Waals surface area contributed by atoms with Gasteiger partial charge in [-0.3, -0.25) is 14.6 Å². The zero-order chi connectivity index (χ0) is 19.6. The van der Waals surface area contributed by atoms with Crippen LogP contribution in [0.2, 0.25) is 0 Å². The molecule has 6 nitrogen and oxygen atoms in total. The minimum absolute atomic E-state index is 0.0449. The van der Waals surface area contributed by atoms with Crippen LogP contribution in [0.5, 0.6) is 5.75 Å². The second-order valence-electron chi connectivity index (χ2n) is 7.28. The number of pyridine rings is 1. The van der Waals surface area contributed by atoms with Crippen molar-refractivity contribution in [2.75, 3.05) is 20.2 Å². The number of carboxylic acids is 1. The Balaban J connectivity index is 1.83. The van der Waals surface area contributed by atoms with E-state index in [-0.39, 0.29) is 18.4 Å². The molecule has 6 heteroatoms. The zero-order valence-corrected chi connectivity index (χ0v) is 15.8. The van der Waals surface area contributed by atoms with E-state index in [1.807, 2.05) is 38.1 Å². The van der Waals surface area contributed by atoms with Crippen LogP contribution in [0, 0.1) is 11.3 Å². The third-order valence-corrected chi connectivity index (χ3v) is 5.53. The third-order valence-electron chi connectivity index (χ3n) is 5.53. The molecule has 2 heterocycles. The highest BCUT2D eigenvalue weighted by atomic mass is 16.5. The molecule has 1 atom stereocenters. The van der Waals surface area contributed by atoms with Crippen molar-refractivity contribution < 1.29 is 19.4 Å². The van der Waals surface area contributed by atoms with Crippen LogP contribution < -0.4 is 4.74 Å². The van der Waals surface area contributed by atoms with Crippen molar-refractivity contribution >= 4 is 11.9 Å². The molecule has 2 aromatic rings. The molecular weight excluding hydrogens is 344 g/mol. The summed E-state index contributed by atoms with van der Waals surface area (Å²) in [5.41, 5.74) is 1.35. The average Bonchev–Trinajstić information content (AvgIpc) is 3.15. The van der Waals surface area contributed by atoms with Gasteiger partial charge >= 0.3 is 5.97 Å². The smallest absolute Gasteiger partial charge is 0.311 e. The summed E-state index contributed by atoms with van der Waals surface area (Å²) in [6, 6.07) is 9.33. The maximum Gasteiger partial charge on any atom is 0.311 e. The minimum atomic E-state index is -0.878. The van der Waals surface area contributed by atoms with Gasteiger partial charge in [0.25, 0.3) is 5.91 Å². The van der Waals surface area contributed by atoms with Gasteiger partial charge < -0.3 is 14.7 Å². The van der Waals surface area contributed by atoms with E-state index < -0.39 is 11.4 Å². The molecule has 27 heavy (non-hydrogen) atoms. The summed E-state index contributed by atoms with van der Waals surface area (Å²) >= 11 is 0. The Kier molecular flexibility index (Phi) is 5.17. The van der Waals surface area contributed by atoms with Crippen molar-refractivity contribution in [3.8, 4) is 16.9 Å². The Bertz CT molecular complexity index is 848. The van der Waals surface area contributed by atoms with Crippen LogP contribution in [-0.2, 0) is 4.79 Å². The number of carboxylic acid groups (broad SMARTS) is 1. The number of nitrogens with zero attached hydrogens (tertiary/aromatic N) is 2. The predicted octanol–water partition coefficient (Wildman–Crippen LogP) is 3.33.